The predicted octanol–water partition coefficient (Wildman–Crippen LogP) is 3.78. The van der Waals surface area contributed by atoms with Gasteiger partial charge in [-0.05, 0) is 36.4 Å². The van der Waals surface area contributed by atoms with Crippen LogP contribution in [0.4, 0.5) is 18.9 Å². The minimum atomic E-state index is -5.45. The molecule has 1 amide bonds. The largest absolute Gasteiger partial charge is 0.501 e. The molecule has 0 bridgehead atoms. The molecule has 0 radical (unpaired) electrons. The minimum Gasteiger partial charge on any atom is -0.320 e. The summed E-state index contributed by atoms with van der Waals surface area (Å²) < 4.78 is 60.3. The van der Waals surface area contributed by atoms with E-state index in [0.717, 1.165) is 29.7 Å². The van der Waals surface area contributed by atoms with Crippen LogP contribution in [0.5, 0.6) is 0 Å². The number of rotatable bonds is 3. The highest BCUT2D eigenvalue weighted by atomic mass is 32.2. The van der Waals surface area contributed by atoms with Gasteiger partial charge in [0.15, 0.2) is 0 Å². The summed E-state index contributed by atoms with van der Waals surface area (Å²) in [5.41, 5.74) is -4.40. The molecule has 0 saturated heterocycles. The molecule has 3 aromatic rings. The lowest BCUT2D eigenvalue weighted by molar-refractivity contribution is -0.0436. The average molecular weight is 380 g/mol. The van der Waals surface area contributed by atoms with Crippen LogP contribution in [0.2, 0.25) is 0 Å². The van der Waals surface area contributed by atoms with Crippen LogP contribution < -0.4 is 5.32 Å². The lowest BCUT2D eigenvalue weighted by Gasteiger charge is -2.10. The number of sulfone groups is 1. The number of nitrogens with one attached hydrogen (secondary N) is 1. The van der Waals surface area contributed by atoms with Gasteiger partial charge in [0.2, 0.25) is 0 Å². The zero-order chi connectivity index (χ0) is 18.9. The number of amides is 1. The fourth-order valence-corrected chi connectivity index (χ4v) is 3.08. The molecule has 1 aromatic heterocycles. The molecule has 0 aliphatic rings. The molecule has 0 fully saturated rings. The molecule has 0 aliphatic carbocycles. The molecule has 0 atom stereocenters. The van der Waals surface area contributed by atoms with Gasteiger partial charge >= 0.3 is 5.51 Å². The Kier molecular flexibility index (Phi) is 4.41. The van der Waals surface area contributed by atoms with E-state index in [4.69, 9.17) is 0 Å². The molecular formula is C17H11F3N2O3S. The Bertz CT molecular complexity index is 1070. The molecule has 2 aromatic carbocycles. The van der Waals surface area contributed by atoms with E-state index in [-0.39, 0.29) is 5.56 Å². The summed E-state index contributed by atoms with van der Waals surface area (Å²) in [6.07, 6.45) is 1.56. The summed E-state index contributed by atoms with van der Waals surface area (Å²) in [5, 5.41) is 3.42. The van der Waals surface area contributed by atoms with Crippen molar-refractivity contribution in [3.8, 4) is 0 Å². The summed E-state index contributed by atoms with van der Waals surface area (Å²) >= 11 is 0. The molecule has 3 rings (SSSR count). The maximum atomic E-state index is 12.5. The smallest absolute Gasteiger partial charge is 0.320 e. The number of carbonyl (C=O) groups is 1. The lowest BCUT2D eigenvalue weighted by Crippen LogP contribution is -2.23. The fourth-order valence-electron chi connectivity index (χ4n) is 2.32. The zero-order valence-electron chi connectivity index (χ0n) is 13.0. The van der Waals surface area contributed by atoms with Gasteiger partial charge in [-0.25, -0.2) is 8.42 Å². The fraction of sp³-hybridized carbons (Fsp3) is 0.0588. The summed E-state index contributed by atoms with van der Waals surface area (Å²) in [6.45, 7) is 0. The van der Waals surface area contributed by atoms with Gasteiger partial charge in [-0.1, -0.05) is 18.2 Å². The van der Waals surface area contributed by atoms with Gasteiger partial charge in [0.05, 0.1) is 16.1 Å². The van der Waals surface area contributed by atoms with Gasteiger partial charge in [-0.15, -0.1) is 0 Å². The van der Waals surface area contributed by atoms with E-state index in [1.807, 2.05) is 12.1 Å². The van der Waals surface area contributed by atoms with Crippen molar-refractivity contribution in [2.75, 3.05) is 5.32 Å². The number of hydrogen-bond donors (Lipinski definition) is 1. The number of para-hydroxylation sites is 1. The zero-order valence-corrected chi connectivity index (χ0v) is 13.8. The standard InChI is InChI=1S/C17H11F3N2O3S/c18-17(19,20)26(24,25)13-8-6-12(7-9-13)16(23)22-14-5-1-3-11-4-2-10-21-15(11)14/h1-10H,(H,22,23). The van der Waals surface area contributed by atoms with Gasteiger partial charge in [-0.3, -0.25) is 9.78 Å². The first kappa shape index (κ1) is 17.9. The molecule has 1 heterocycles. The number of halogens is 3. The first-order valence-corrected chi connectivity index (χ1v) is 8.75. The van der Waals surface area contributed by atoms with Crippen LogP contribution in [0.1, 0.15) is 10.4 Å². The van der Waals surface area contributed by atoms with E-state index in [1.165, 1.54) is 0 Å². The number of pyridine rings is 1. The number of hydrogen-bond acceptors (Lipinski definition) is 4. The van der Waals surface area contributed by atoms with E-state index in [9.17, 15) is 26.4 Å². The highest BCUT2D eigenvalue weighted by Gasteiger charge is 2.46. The van der Waals surface area contributed by atoms with Crippen LogP contribution in [0.3, 0.4) is 0 Å². The number of nitrogens with zero attached hydrogens (tertiary/aromatic N) is 1. The third kappa shape index (κ3) is 3.25. The van der Waals surface area contributed by atoms with Gasteiger partial charge in [0.25, 0.3) is 15.7 Å². The predicted molar refractivity (Wildman–Crippen MR) is 89.4 cm³/mol. The van der Waals surface area contributed by atoms with Gasteiger partial charge in [-0.2, -0.15) is 13.2 Å². The average Bonchev–Trinajstić information content (AvgIpc) is 2.61. The molecule has 26 heavy (non-hydrogen) atoms. The summed E-state index contributed by atoms with van der Waals surface area (Å²) in [7, 11) is -5.45. The van der Waals surface area contributed by atoms with Gasteiger partial charge in [0.1, 0.15) is 0 Å². The quantitative estimate of drug-likeness (QED) is 0.750. The number of fused-ring (bicyclic) bond motifs is 1. The monoisotopic (exact) mass is 380 g/mol. The number of aromatic nitrogens is 1. The van der Waals surface area contributed by atoms with E-state index < -0.39 is 26.1 Å². The Labute approximate surface area is 146 Å². The van der Waals surface area contributed by atoms with Crippen LogP contribution >= 0.6 is 0 Å². The normalized spacial score (nSPS) is 12.1. The number of carbonyl (C=O) groups excluding carboxylic acids is 1. The summed E-state index contributed by atoms with van der Waals surface area (Å²) in [4.78, 5) is 15.6. The maximum Gasteiger partial charge on any atom is 0.501 e. The van der Waals surface area contributed by atoms with Crippen molar-refractivity contribution in [1.29, 1.82) is 0 Å². The van der Waals surface area contributed by atoms with Crippen LogP contribution in [0.25, 0.3) is 10.9 Å². The van der Waals surface area contributed by atoms with E-state index >= 15 is 0 Å². The second-order valence-electron chi connectivity index (χ2n) is 5.31. The molecule has 0 saturated carbocycles. The first-order valence-electron chi connectivity index (χ1n) is 7.27. The van der Waals surface area contributed by atoms with Crippen molar-refractivity contribution in [3.05, 3.63) is 66.4 Å². The van der Waals surface area contributed by atoms with Crippen LogP contribution in [-0.2, 0) is 9.84 Å². The van der Waals surface area contributed by atoms with Crippen molar-refractivity contribution in [3.63, 3.8) is 0 Å². The molecule has 5 nitrogen and oxygen atoms in total. The van der Waals surface area contributed by atoms with Crippen molar-refractivity contribution in [2.24, 2.45) is 0 Å². The van der Waals surface area contributed by atoms with E-state index in [2.05, 4.69) is 10.3 Å². The van der Waals surface area contributed by atoms with Crippen LogP contribution in [0, 0.1) is 0 Å². The van der Waals surface area contributed by atoms with Crippen molar-refractivity contribution < 1.29 is 26.4 Å². The van der Waals surface area contributed by atoms with Crippen LogP contribution in [0.15, 0.2) is 65.7 Å². The van der Waals surface area contributed by atoms with Gasteiger partial charge < -0.3 is 5.32 Å². The van der Waals surface area contributed by atoms with E-state index in [0.29, 0.717) is 11.2 Å². The Hall–Kier alpha value is -2.94. The van der Waals surface area contributed by atoms with Crippen molar-refractivity contribution >= 4 is 32.3 Å². The number of benzene rings is 2. The molecule has 0 spiro atoms. The second-order valence-corrected chi connectivity index (χ2v) is 7.25. The summed E-state index contributed by atoms with van der Waals surface area (Å²) in [6, 6.07) is 12.3. The molecular weight excluding hydrogens is 369 g/mol. The molecule has 0 unspecified atom stereocenters. The van der Waals surface area contributed by atoms with E-state index in [1.54, 1.807) is 24.4 Å². The van der Waals surface area contributed by atoms with Gasteiger partial charge in [0, 0.05) is 17.1 Å². The topological polar surface area (TPSA) is 76.1 Å². The Morgan fingerprint density at radius 1 is 0.962 bits per heavy atom. The molecule has 1 N–H and O–H groups in total. The van der Waals surface area contributed by atoms with Crippen molar-refractivity contribution in [1.82, 2.24) is 4.98 Å². The highest BCUT2D eigenvalue weighted by molar-refractivity contribution is 7.92. The SMILES string of the molecule is O=C(Nc1cccc2cccnc12)c1ccc(S(=O)(=O)C(F)(F)F)cc1. The molecule has 0 aliphatic heterocycles. The first-order chi connectivity index (χ1) is 12.2. The molecule has 9 heteroatoms. The third-order valence-corrected chi connectivity index (χ3v) is 5.11. The Morgan fingerprint density at radius 2 is 1.62 bits per heavy atom. The lowest BCUT2D eigenvalue weighted by atomic mass is 10.1. The highest BCUT2D eigenvalue weighted by Crippen LogP contribution is 2.30. The second kappa shape index (κ2) is 6.41. The third-order valence-electron chi connectivity index (χ3n) is 3.61. The van der Waals surface area contributed by atoms with Crippen molar-refractivity contribution in [2.45, 2.75) is 10.4 Å². The Balaban J connectivity index is 1.87. The summed E-state index contributed by atoms with van der Waals surface area (Å²) in [5.74, 6) is -0.598. The minimum absolute atomic E-state index is 0.0130. The van der Waals surface area contributed by atoms with Crippen LogP contribution in [-0.4, -0.2) is 24.8 Å². The maximum absolute atomic E-state index is 12.5. The number of anilines is 1. The Morgan fingerprint density at radius 3 is 2.27 bits per heavy atom. The number of alkyl halides is 3. The molecule has 134 valence electrons.